The van der Waals surface area contributed by atoms with Crippen LogP contribution in [0.3, 0.4) is 0 Å². The topological polar surface area (TPSA) is 89.9 Å². The van der Waals surface area contributed by atoms with Crippen molar-refractivity contribution in [3.63, 3.8) is 0 Å². The summed E-state index contributed by atoms with van der Waals surface area (Å²) in [6.45, 7) is 5.89. The molecule has 6 nitrogen and oxygen atoms in total. The van der Waals surface area contributed by atoms with Crippen molar-refractivity contribution >= 4 is 17.9 Å². The first-order valence-electron chi connectivity index (χ1n) is 11.7. The average molecular weight is 429 g/mol. The number of rotatable bonds is 17. The lowest BCUT2D eigenvalue weighted by Gasteiger charge is -1.99. The molecule has 0 unspecified atom stereocenters. The molecule has 0 spiro atoms. The van der Waals surface area contributed by atoms with Gasteiger partial charge in [-0.3, -0.25) is 4.79 Å². The van der Waals surface area contributed by atoms with Gasteiger partial charge in [0.1, 0.15) is 0 Å². The fraction of sp³-hybridized carbons (Fsp3) is 0.792. The highest BCUT2D eigenvalue weighted by molar-refractivity contribution is 6.29. The molecule has 0 radical (unpaired) electrons. The maximum atomic E-state index is 10.4. The Hall–Kier alpha value is -1.85. The highest BCUT2D eigenvalue weighted by Gasteiger charge is 2.14. The normalized spacial score (nSPS) is 10.4. The third-order valence-electron chi connectivity index (χ3n) is 4.37. The number of carbonyl (C=O) groups is 3. The molecule has 0 aliphatic rings. The van der Waals surface area contributed by atoms with Crippen LogP contribution in [-0.2, 0) is 23.9 Å². The molecule has 0 fully saturated rings. The number of unbranched alkanes of at least 4 members (excludes halogenated alkanes) is 11. The van der Waals surface area contributed by atoms with Crippen LogP contribution in [0, 0.1) is 0 Å². The van der Waals surface area contributed by atoms with E-state index in [1.54, 1.807) is 13.8 Å². The van der Waals surface area contributed by atoms with E-state index < -0.39 is 17.9 Å². The van der Waals surface area contributed by atoms with Crippen LogP contribution >= 0.6 is 0 Å². The smallest absolute Gasteiger partial charge is 0.417 e. The zero-order valence-electron chi connectivity index (χ0n) is 19.5. The van der Waals surface area contributed by atoms with Crippen molar-refractivity contribution in [2.24, 2.45) is 0 Å². The summed E-state index contributed by atoms with van der Waals surface area (Å²) in [5.41, 5.74) is 0. The SMILES string of the molecule is CCCCCCCC/C=C\CCCCCCCC(=O)O.CCOC(=O)C(=O)OCC. The third-order valence-corrected chi connectivity index (χ3v) is 4.37. The van der Waals surface area contributed by atoms with E-state index in [0.29, 0.717) is 6.42 Å². The van der Waals surface area contributed by atoms with Gasteiger partial charge in [-0.25, -0.2) is 9.59 Å². The minimum atomic E-state index is -0.927. The molecule has 176 valence electrons. The Bertz CT molecular complexity index is 429. The summed E-state index contributed by atoms with van der Waals surface area (Å²) in [5, 5.41) is 8.51. The van der Waals surface area contributed by atoms with E-state index in [1.807, 2.05) is 0 Å². The number of hydrogen-bond acceptors (Lipinski definition) is 5. The van der Waals surface area contributed by atoms with Crippen molar-refractivity contribution in [1.29, 1.82) is 0 Å². The predicted molar refractivity (Wildman–Crippen MR) is 120 cm³/mol. The summed E-state index contributed by atoms with van der Waals surface area (Å²) in [5.74, 6) is -2.52. The Morgan fingerprint density at radius 1 is 0.633 bits per heavy atom. The van der Waals surface area contributed by atoms with Crippen molar-refractivity contribution in [2.45, 2.75) is 111 Å². The molecular formula is C24H44O6. The largest absolute Gasteiger partial charge is 0.481 e. The fourth-order valence-electron chi connectivity index (χ4n) is 2.73. The van der Waals surface area contributed by atoms with Gasteiger partial charge in [-0.05, 0) is 46.0 Å². The molecule has 0 aromatic rings. The van der Waals surface area contributed by atoms with Crippen molar-refractivity contribution in [2.75, 3.05) is 13.2 Å². The molecular weight excluding hydrogens is 384 g/mol. The number of hydrogen-bond donors (Lipinski definition) is 1. The predicted octanol–water partition coefficient (Wildman–Crippen LogP) is 6.22. The van der Waals surface area contributed by atoms with E-state index in [2.05, 4.69) is 28.5 Å². The van der Waals surface area contributed by atoms with Crippen LogP contribution < -0.4 is 0 Å². The molecule has 0 rings (SSSR count). The fourth-order valence-corrected chi connectivity index (χ4v) is 2.73. The molecule has 0 saturated carbocycles. The minimum Gasteiger partial charge on any atom is -0.481 e. The first-order valence-corrected chi connectivity index (χ1v) is 11.7. The maximum Gasteiger partial charge on any atom is 0.417 e. The summed E-state index contributed by atoms with van der Waals surface area (Å²) in [6, 6.07) is 0. The minimum absolute atomic E-state index is 0.192. The molecule has 1 N–H and O–H groups in total. The molecule has 0 heterocycles. The summed E-state index contributed by atoms with van der Waals surface area (Å²) < 4.78 is 8.69. The molecule has 6 heteroatoms. The van der Waals surface area contributed by atoms with E-state index in [1.165, 1.54) is 70.6 Å². The molecule has 0 aromatic heterocycles. The first kappa shape index (κ1) is 30.3. The second kappa shape index (κ2) is 25.2. The number of carbonyl (C=O) groups excluding carboxylic acids is 2. The molecule has 0 aliphatic heterocycles. The average Bonchev–Trinajstić information content (AvgIpc) is 2.71. The number of aliphatic carboxylic acids is 1. The number of carboxylic acids is 1. The van der Waals surface area contributed by atoms with Gasteiger partial charge in [0.15, 0.2) is 0 Å². The van der Waals surface area contributed by atoms with Gasteiger partial charge in [-0.1, -0.05) is 70.4 Å². The summed E-state index contributed by atoms with van der Waals surface area (Å²) >= 11 is 0. The lowest BCUT2D eigenvalue weighted by Crippen LogP contribution is -2.19. The number of allylic oxidation sites excluding steroid dienone is 2. The Morgan fingerprint density at radius 3 is 1.43 bits per heavy atom. The molecule has 0 bridgehead atoms. The lowest BCUT2D eigenvalue weighted by atomic mass is 10.1. The van der Waals surface area contributed by atoms with E-state index in [-0.39, 0.29) is 13.2 Å². The molecule has 30 heavy (non-hydrogen) atoms. The van der Waals surface area contributed by atoms with Crippen molar-refractivity contribution < 1.29 is 29.0 Å². The molecule has 0 atom stereocenters. The van der Waals surface area contributed by atoms with Crippen LogP contribution in [0.25, 0.3) is 0 Å². The Kier molecular flexibility index (Phi) is 25.5. The van der Waals surface area contributed by atoms with Gasteiger partial charge in [0.2, 0.25) is 0 Å². The van der Waals surface area contributed by atoms with Crippen molar-refractivity contribution in [3.8, 4) is 0 Å². The molecule has 0 aromatic carbocycles. The van der Waals surface area contributed by atoms with Gasteiger partial charge in [0, 0.05) is 6.42 Å². The monoisotopic (exact) mass is 428 g/mol. The van der Waals surface area contributed by atoms with Gasteiger partial charge in [0.25, 0.3) is 0 Å². The van der Waals surface area contributed by atoms with E-state index in [4.69, 9.17) is 5.11 Å². The Labute approximate surface area is 183 Å². The quantitative estimate of drug-likeness (QED) is 0.128. The molecule has 0 saturated heterocycles. The second-order valence-electron chi connectivity index (χ2n) is 7.17. The van der Waals surface area contributed by atoms with E-state index >= 15 is 0 Å². The van der Waals surface area contributed by atoms with Crippen molar-refractivity contribution in [1.82, 2.24) is 0 Å². The van der Waals surface area contributed by atoms with Crippen LogP contribution in [0.5, 0.6) is 0 Å². The van der Waals surface area contributed by atoms with Crippen LogP contribution in [0.1, 0.15) is 111 Å². The highest BCUT2D eigenvalue weighted by Crippen LogP contribution is 2.09. The number of ether oxygens (including phenoxy) is 2. The number of esters is 2. The van der Waals surface area contributed by atoms with Gasteiger partial charge in [-0.15, -0.1) is 0 Å². The first-order chi connectivity index (χ1) is 14.5. The summed E-state index contributed by atoms with van der Waals surface area (Å²) in [7, 11) is 0. The summed E-state index contributed by atoms with van der Waals surface area (Å²) in [4.78, 5) is 31.2. The van der Waals surface area contributed by atoms with Crippen LogP contribution in [0.15, 0.2) is 12.2 Å². The van der Waals surface area contributed by atoms with Crippen LogP contribution in [0.2, 0.25) is 0 Å². The van der Waals surface area contributed by atoms with Gasteiger partial charge >= 0.3 is 17.9 Å². The zero-order chi connectivity index (χ0) is 22.9. The molecule has 0 amide bonds. The van der Waals surface area contributed by atoms with E-state index in [0.717, 1.165) is 12.8 Å². The Balaban J connectivity index is 0. The Morgan fingerprint density at radius 2 is 1.03 bits per heavy atom. The van der Waals surface area contributed by atoms with Gasteiger partial charge < -0.3 is 14.6 Å². The second-order valence-corrected chi connectivity index (χ2v) is 7.17. The maximum absolute atomic E-state index is 10.4. The standard InChI is InChI=1S/C18H34O2.C6H10O4/c1-2-3-4-5-6-7-8-9-10-11-12-13-14-15-16-17-18(19)20;1-3-9-5(7)6(8)10-4-2/h9-10H,2-8,11-17H2,1H3,(H,19,20);3-4H2,1-2H3/b10-9-;. The highest BCUT2D eigenvalue weighted by atomic mass is 16.6. The summed E-state index contributed by atoms with van der Waals surface area (Å²) in [6.07, 6.45) is 21.2. The van der Waals surface area contributed by atoms with Gasteiger partial charge in [0.05, 0.1) is 13.2 Å². The van der Waals surface area contributed by atoms with Crippen LogP contribution in [-0.4, -0.2) is 36.2 Å². The zero-order valence-corrected chi connectivity index (χ0v) is 19.5. The third kappa shape index (κ3) is 26.1. The lowest BCUT2D eigenvalue weighted by molar-refractivity contribution is -0.167. The molecule has 0 aliphatic carbocycles. The number of carboxylic acid groups (broad SMARTS) is 1. The van der Waals surface area contributed by atoms with Gasteiger partial charge in [-0.2, -0.15) is 0 Å². The van der Waals surface area contributed by atoms with Crippen LogP contribution in [0.4, 0.5) is 0 Å². The van der Waals surface area contributed by atoms with E-state index in [9.17, 15) is 14.4 Å². The van der Waals surface area contributed by atoms with Crippen molar-refractivity contribution in [3.05, 3.63) is 12.2 Å².